The molecule has 3 unspecified atom stereocenters. The number of rotatable bonds is 9. The van der Waals surface area contributed by atoms with Crippen LogP contribution >= 0.6 is 15.9 Å². The molecule has 3 atom stereocenters. The highest BCUT2D eigenvalue weighted by atomic mass is 79.9. The number of methoxy groups -OCH3 is 1. The van der Waals surface area contributed by atoms with E-state index in [1.807, 2.05) is 0 Å². The normalized spacial score (nSPS) is 32.5. The smallest absolute Gasteiger partial charge is 0.0700 e. The van der Waals surface area contributed by atoms with Crippen LogP contribution in [0.5, 0.6) is 0 Å². The van der Waals surface area contributed by atoms with Gasteiger partial charge in [-0.3, -0.25) is 0 Å². The Kier molecular flexibility index (Phi) is 7.00. The second kappa shape index (κ2) is 7.72. The van der Waals surface area contributed by atoms with E-state index >= 15 is 0 Å². The van der Waals surface area contributed by atoms with Crippen LogP contribution in [-0.2, 0) is 14.2 Å². The van der Waals surface area contributed by atoms with Crippen LogP contribution < -0.4 is 0 Å². The summed E-state index contributed by atoms with van der Waals surface area (Å²) in [5.74, 6) is 0. The van der Waals surface area contributed by atoms with Crippen molar-refractivity contribution in [1.29, 1.82) is 0 Å². The molecule has 0 N–H and O–H groups in total. The summed E-state index contributed by atoms with van der Waals surface area (Å²) in [7, 11) is 1.69. The number of halogens is 1. The number of hydrogen-bond donors (Lipinski definition) is 0. The summed E-state index contributed by atoms with van der Waals surface area (Å²) < 4.78 is 16.2. The predicted molar refractivity (Wildman–Crippen MR) is 72.8 cm³/mol. The van der Waals surface area contributed by atoms with Crippen LogP contribution in [0, 0.1) is 5.41 Å². The molecule has 0 saturated heterocycles. The fraction of sp³-hybridized carbons (Fsp3) is 1.00. The topological polar surface area (TPSA) is 27.7 Å². The molecular weight excluding hydrogens is 284 g/mol. The van der Waals surface area contributed by atoms with Gasteiger partial charge in [0.1, 0.15) is 0 Å². The molecule has 1 saturated carbocycles. The summed E-state index contributed by atoms with van der Waals surface area (Å²) in [4.78, 5) is 0.614. The van der Waals surface area contributed by atoms with Crippen LogP contribution in [0.3, 0.4) is 0 Å². The molecule has 0 aromatic carbocycles. The highest BCUT2D eigenvalue weighted by Crippen LogP contribution is 2.49. The molecule has 0 aliphatic heterocycles. The first-order chi connectivity index (χ1) is 8.15. The van der Waals surface area contributed by atoms with Gasteiger partial charge in [0.05, 0.1) is 19.3 Å². The molecule has 102 valence electrons. The second-order valence-electron chi connectivity index (χ2n) is 4.88. The van der Waals surface area contributed by atoms with Gasteiger partial charge in [0.15, 0.2) is 0 Å². The van der Waals surface area contributed by atoms with Gasteiger partial charge in [0.25, 0.3) is 0 Å². The van der Waals surface area contributed by atoms with Crippen molar-refractivity contribution in [3.8, 4) is 0 Å². The molecule has 0 aromatic heterocycles. The van der Waals surface area contributed by atoms with Crippen molar-refractivity contribution in [3.05, 3.63) is 0 Å². The molecule has 17 heavy (non-hydrogen) atoms. The molecule has 1 aliphatic rings. The zero-order chi connectivity index (χ0) is 12.7. The van der Waals surface area contributed by atoms with Gasteiger partial charge in [-0.15, -0.1) is 0 Å². The summed E-state index contributed by atoms with van der Waals surface area (Å²) in [5, 5.41) is 0. The molecule has 0 bridgehead atoms. The maximum atomic E-state index is 5.92. The van der Waals surface area contributed by atoms with Crippen molar-refractivity contribution in [2.45, 2.75) is 44.0 Å². The zero-order valence-electron chi connectivity index (χ0n) is 11.2. The van der Waals surface area contributed by atoms with Crippen LogP contribution in [0.15, 0.2) is 0 Å². The van der Waals surface area contributed by atoms with Crippen LogP contribution in [0.4, 0.5) is 0 Å². The monoisotopic (exact) mass is 308 g/mol. The van der Waals surface area contributed by atoms with E-state index < -0.39 is 0 Å². The lowest BCUT2D eigenvalue weighted by molar-refractivity contribution is -0.0997. The Morgan fingerprint density at radius 2 is 2.00 bits per heavy atom. The third-order valence-corrected chi connectivity index (χ3v) is 5.24. The predicted octanol–water partition coefficient (Wildman–Crippen LogP) is 3.01. The van der Waals surface area contributed by atoms with Crippen LogP contribution in [0.2, 0.25) is 0 Å². The minimum absolute atomic E-state index is 0.316. The van der Waals surface area contributed by atoms with Crippen LogP contribution in [-0.4, -0.2) is 44.5 Å². The van der Waals surface area contributed by atoms with E-state index in [0.29, 0.717) is 29.6 Å². The SMILES string of the molecule is CCC1(C)C(Br)CC1OCCCOCCOC. The molecule has 1 fully saturated rings. The Hall–Kier alpha value is 0.360. The van der Waals surface area contributed by atoms with Gasteiger partial charge in [-0.1, -0.05) is 29.8 Å². The Balaban J connectivity index is 2.00. The zero-order valence-corrected chi connectivity index (χ0v) is 12.8. The third-order valence-electron chi connectivity index (χ3n) is 3.82. The highest BCUT2D eigenvalue weighted by Gasteiger charge is 2.49. The van der Waals surface area contributed by atoms with Gasteiger partial charge in [-0.25, -0.2) is 0 Å². The van der Waals surface area contributed by atoms with Crippen LogP contribution in [0.1, 0.15) is 33.1 Å². The summed E-state index contributed by atoms with van der Waals surface area (Å²) >= 11 is 3.72. The first-order valence-corrected chi connectivity index (χ1v) is 7.39. The van der Waals surface area contributed by atoms with Gasteiger partial charge in [-0.2, -0.15) is 0 Å². The quantitative estimate of drug-likeness (QED) is 0.484. The molecule has 4 heteroatoms. The lowest BCUT2D eigenvalue weighted by atomic mass is 9.66. The average Bonchev–Trinajstić information content (AvgIpc) is 2.35. The number of hydrogen-bond acceptors (Lipinski definition) is 3. The fourth-order valence-corrected chi connectivity index (χ4v) is 3.06. The maximum absolute atomic E-state index is 5.92. The fourth-order valence-electron chi connectivity index (χ4n) is 2.11. The number of alkyl halides is 1. The summed E-state index contributed by atoms with van der Waals surface area (Å²) in [6, 6.07) is 0. The first kappa shape index (κ1) is 15.4. The Morgan fingerprint density at radius 3 is 2.59 bits per heavy atom. The molecule has 1 rings (SSSR count). The van der Waals surface area contributed by atoms with Crippen LogP contribution in [0.25, 0.3) is 0 Å². The van der Waals surface area contributed by atoms with E-state index in [4.69, 9.17) is 14.2 Å². The van der Waals surface area contributed by atoms with Gasteiger partial charge >= 0.3 is 0 Å². The van der Waals surface area contributed by atoms with E-state index in [0.717, 1.165) is 32.5 Å². The highest BCUT2D eigenvalue weighted by molar-refractivity contribution is 9.09. The van der Waals surface area contributed by atoms with Gasteiger partial charge in [0.2, 0.25) is 0 Å². The van der Waals surface area contributed by atoms with E-state index in [2.05, 4.69) is 29.8 Å². The van der Waals surface area contributed by atoms with Gasteiger partial charge in [0, 0.05) is 30.6 Å². The molecule has 0 aromatic rings. The summed E-state index contributed by atoms with van der Waals surface area (Å²) in [5.41, 5.74) is 0.316. The van der Waals surface area contributed by atoms with Crippen molar-refractivity contribution in [2.75, 3.05) is 33.5 Å². The van der Waals surface area contributed by atoms with E-state index in [1.165, 1.54) is 0 Å². The largest absolute Gasteiger partial charge is 0.382 e. The minimum Gasteiger partial charge on any atom is -0.382 e. The molecular formula is C13H25BrO3. The van der Waals surface area contributed by atoms with E-state index in [9.17, 15) is 0 Å². The molecule has 1 aliphatic carbocycles. The Bertz CT molecular complexity index is 213. The van der Waals surface area contributed by atoms with Crippen molar-refractivity contribution in [1.82, 2.24) is 0 Å². The third kappa shape index (κ3) is 4.19. The van der Waals surface area contributed by atoms with Crippen molar-refractivity contribution in [2.24, 2.45) is 5.41 Å². The Morgan fingerprint density at radius 1 is 1.24 bits per heavy atom. The lowest BCUT2D eigenvalue weighted by Gasteiger charge is -2.51. The van der Waals surface area contributed by atoms with Crippen molar-refractivity contribution >= 4 is 15.9 Å². The summed E-state index contributed by atoms with van der Waals surface area (Å²) in [6.45, 7) is 7.44. The molecule has 0 amide bonds. The van der Waals surface area contributed by atoms with Gasteiger partial charge < -0.3 is 14.2 Å². The molecule has 3 nitrogen and oxygen atoms in total. The van der Waals surface area contributed by atoms with Crippen molar-refractivity contribution in [3.63, 3.8) is 0 Å². The lowest BCUT2D eigenvalue weighted by Crippen LogP contribution is -2.53. The number of ether oxygens (including phenoxy) is 3. The molecule has 0 radical (unpaired) electrons. The van der Waals surface area contributed by atoms with Crippen molar-refractivity contribution < 1.29 is 14.2 Å². The van der Waals surface area contributed by atoms with E-state index in [-0.39, 0.29) is 0 Å². The summed E-state index contributed by atoms with van der Waals surface area (Å²) in [6.07, 6.45) is 3.68. The van der Waals surface area contributed by atoms with Gasteiger partial charge in [-0.05, 0) is 19.3 Å². The first-order valence-electron chi connectivity index (χ1n) is 6.47. The Labute approximate surface area is 113 Å². The standard InChI is InChI=1S/C13H25BrO3/c1-4-13(2)11(14)10-12(13)17-7-5-6-16-9-8-15-3/h11-12H,4-10H2,1-3H3. The minimum atomic E-state index is 0.316. The molecule has 0 heterocycles. The second-order valence-corrected chi connectivity index (χ2v) is 5.99. The average molecular weight is 309 g/mol. The van der Waals surface area contributed by atoms with E-state index in [1.54, 1.807) is 7.11 Å². The maximum Gasteiger partial charge on any atom is 0.0700 e. The molecule has 0 spiro atoms.